The predicted octanol–water partition coefficient (Wildman–Crippen LogP) is 1.66. The molecule has 0 radical (unpaired) electrons. The molecule has 0 amide bonds. The van der Waals surface area contributed by atoms with E-state index in [0.29, 0.717) is 0 Å². The summed E-state index contributed by atoms with van der Waals surface area (Å²) in [7, 11) is 0. The lowest BCUT2D eigenvalue weighted by Gasteiger charge is -2.38. The molecule has 1 aromatic heterocycles. The first-order chi connectivity index (χ1) is 11.3. The lowest BCUT2D eigenvalue weighted by molar-refractivity contribution is 0.196. The number of aryl methyl sites for hydroxylation is 1. The van der Waals surface area contributed by atoms with Gasteiger partial charge >= 0.3 is 0 Å². The van der Waals surface area contributed by atoms with Crippen LogP contribution in [0, 0.1) is 6.92 Å². The Morgan fingerprint density at radius 1 is 1.09 bits per heavy atom. The van der Waals surface area contributed by atoms with E-state index in [9.17, 15) is 0 Å². The topological polar surface area (TPSA) is 36.3 Å². The van der Waals surface area contributed by atoms with Crippen LogP contribution in [-0.4, -0.2) is 60.0 Å². The second kappa shape index (κ2) is 6.34. The van der Waals surface area contributed by atoms with Gasteiger partial charge in [-0.05, 0) is 32.0 Å². The molecule has 4 rings (SSSR count). The van der Waals surface area contributed by atoms with Gasteiger partial charge in [-0.25, -0.2) is 4.68 Å². The summed E-state index contributed by atoms with van der Waals surface area (Å²) in [5.74, 6) is 1.22. The number of aromatic nitrogens is 2. The molecule has 122 valence electrons. The van der Waals surface area contributed by atoms with Crippen molar-refractivity contribution in [3.8, 4) is 5.69 Å². The minimum atomic E-state index is 0.734. The SMILES string of the molecule is Cc1cc(N2CCN(C3CCNC3)CC2)n(-c2ccccc2)n1. The molecule has 2 aliphatic heterocycles. The third-order valence-corrected chi connectivity index (χ3v) is 5.00. The Bertz CT molecular complexity index is 637. The maximum Gasteiger partial charge on any atom is 0.132 e. The van der Waals surface area contributed by atoms with Crippen LogP contribution in [0.4, 0.5) is 5.82 Å². The zero-order valence-electron chi connectivity index (χ0n) is 13.8. The smallest absolute Gasteiger partial charge is 0.132 e. The summed E-state index contributed by atoms with van der Waals surface area (Å²) < 4.78 is 2.09. The minimum Gasteiger partial charge on any atom is -0.354 e. The van der Waals surface area contributed by atoms with E-state index in [-0.39, 0.29) is 0 Å². The Hall–Kier alpha value is -1.85. The molecule has 3 heterocycles. The van der Waals surface area contributed by atoms with Gasteiger partial charge in [0.05, 0.1) is 11.4 Å². The second-order valence-corrected chi connectivity index (χ2v) is 6.56. The van der Waals surface area contributed by atoms with E-state index in [1.54, 1.807) is 0 Å². The number of hydrogen-bond donors (Lipinski definition) is 1. The van der Waals surface area contributed by atoms with Gasteiger partial charge in [0.2, 0.25) is 0 Å². The minimum absolute atomic E-state index is 0.734. The highest BCUT2D eigenvalue weighted by molar-refractivity contribution is 5.48. The maximum atomic E-state index is 4.70. The number of nitrogens with zero attached hydrogens (tertiary/aromatic N) is 4. The summed E-state index contributed by atoms with van der Waals surface area (Å²) in [5, 5.41) is 8.18. The molecule has 1 unspecified atom stereocenters. The number of benzene rings is 1. The highest BCUT2D eigenvalue weighted by atomic mass is 15.4. The summed E-state index contributed by atoms with van der Waals surface area (Å²) in [4.78, 5) is 5.12. The van der Waals surface area contributed by atoms with E-state index in [1.807, 2.05) is 6.07 Å². The normalized spacial score (nSPS) is 22.7. The maximum absolute atomic E-state index is 4.70. The molecule has 0 saturated carbocycles. The quantitative estimate of drug-likeness (QED) is 0.935. The lowest BCUT2D eigenvalue weighted by Crippen LogP contribution is -2.51. The van der Waals surface area contributed by atoms with Crippen LogP contribution in [0.25, 0.3) is 5.69 Å². The monoisotopic (exact) mass is 311 g/mol. The largest absolute Gasteiger partial charge is 0.354 e. The van der Waals surface area contributed by atoms with Crippen LogP contribution in [0.2, 0.25) is 0 Å². The standard InChI is InChI=1S/C18H25N5/c1-15-13-18(23(20-15)16-5-3-2-4-6-16)22-11-9-21(10-12-22)17-7-8-19-14-17/h2-6,13,17,19H,7-12,14H2,1H3. The Morgan fingerprint density at radius 2 is 1.87 bits per heavy atom. The highest BCUT2D eigenvalue weighted by Crippen LogP contribution is 2.23. The van der Waals surface area contributed by atoms with Gasteiger partial charge in [-0.2, -0.15) is 5.10 Å². The summed E-state index contributed by atoms with van der Waals surface area (Å²) >= 11 is 0. The van der Waals surface area contributed by atoms with E-state index >= 15 is 0 Å². The van der Waals surface area contributed by atoms with Gasteiger partial charge in [0.15, 0.2) is 0 Å². The van der Waals surface area contributed by atoms with Crippen molar-refractivity contribution in [1.82, 2.24) is 20.0 Å². The molecular formula is C18H25N5. The zero-order valence-corrected chi connectivity index (χ0v) is 13.8. The first-order valence-corrected chi connectivity index (χ1v) is 8.63. The van der Waals surface area contributed by atoms with Crippen molar-refractivity contribution in [3.05, 3.63) is 42.1 Å². The van der Waals surface area contributed by atoms with E-state index in [1.165, 1.54) is 18.8 Å². The third-order valence-electron chi connectivity index (χ3n) is 5.00. The van der Waals surface area contributed by atoms with E-state index < -0.39 is 0 Å². The molecule has 23 heavy (non-hydrogen) atoms. The van der Waals surface area contributed by atoms with Crippen molar-refractivity contribution in [2.45, 2.75) is 19.4 Å². The highest BCUT2D eigenvalue weighted by Gasteiger charge is 2.27. The lowest BCUT2D eigenvalue weighted by atomic mass is 10.2. The molecule has 1 N–H and O–H groups in total. The Morgan fingerprint density at radius 3 is 2.57 bits per heavy atom. The zero-order chi connectivity index (χ0) is 15.6. The van der Waals surface area contributed by atoms with Crippen LogP contribution in [0.1, 0.15) is 12.1 Å². The van der Waals surface area contributed by atoms with Crippen LogP contribution < -0.4 is 10.2 Å². The first-order valence-electron chi connectivity index (χ1n) is 8.63. The molecule has 2 aromatic rings. The third kappa shape index (κ3) is 2.99. The molecule has 0 bridgehead atoms. The molecule has 2 aliphatic rings. The van der Waals surface area contributed by atoms with Crippen molar-refractivity contribution >= 4 is 5.82 Å². The molecule has 1 atom stereocenters. The van der Waals surface area contributed by atoms with Crippen LogP contribution in [0.5, 0.6) is 0 Å². The number of anilines is 1. The Balaban J connectivity index is 1.51. The Labute approximate surface area is 137 Å². The molecular weight excluding hydrogens is 286 g/mol. The van der Waals surface area contributed by atoms with Gasteiger partial charge in [0, 0.05) is 44.8 Å². The van der Waals surface area contributed by atoms with Crippen molar-refractivity contribution in [2.24, 2.45) is 0 Å². The van der Waals surface area contributed by atoms with Gasteiger partial charge in [0.1, 0.15) is 5.82 Å². The van der Waals surface area contributed by atoms with Gasteiger partial charge < -0.3 is 10.2 Å². The molecule has 1 aromatic carbocycles. The van der Waals surface area contributed by atoms with Crippen LogP contribution in [0.15, 0.2) is 36.4 Å². The van der Waals surface area contributed by atoms with E-state index in [2.05, 4.69) is 57.1 Å². The van der Waals surface area contributed by atoms with Crippen LogP contribution in [0.3, 0.4) is 0 Å². The molecule has 2 saturated heterocycles. The fourth-order valence-corrected chi connectivity index (χ4v) is 3.74. The van der Waals surface area contributed by atoms with Crippen LogP contribution >= 0.6 is 0 Å². The number of nitrogens with one attached hydrogen (secondary N) is 1. The average molecular weight is 311 g/mol. The van der Waals surface area contributed by atoms with Gasteiger partial charge in [0.25, 0.3) is 0 Å². The van der Waals surface area contributed by atoms with E-state index in [4.69, 9.17) is 5.10 Å². The number of rotatable bonds is 3. The number of para-hydroxylation sites is 1. The van der Waals surface area contributed by atoms with Crippen LogP contribution in [-0.2, 0) is 0 Å². The average Bonchev–Trinajstić information content (AvgIpc) is 3.25. The van der Waals surface area contributed by atoms with Gasteiger partial charge in [-0.1, -0.05) is 18.2 Å². The summed E-state index contributed by atoms with van der Waals surface area (Å²) in [6.45, 7) is 8.84. The molecule has 0 aliphatic carbocycles. The molecule has 5 heteroatoms. The first kappa shape index (κ1) is 14.7. The Kier molecular flexibility index (Phi) is 4.06. The fourth-order valence-electron chi connectivity index (χ4n) is 3.74. The summed E-state index contributed by atoms with van der Waals surface area (Å²) in [6, 6.07) is 13.4. The van der Waals surface area contributed by atoms with Crippen molar-refractivity contribution in [2.75, 3.05) is 44.2 Å². The molecule has 5 nitrogen and oxygen atoms in total. The predicted molar refractivity (Wildman–Crippen MR) is 93.4 cm³/mol. The molecule has 0 spiro atoms. The van der Waals surface area contributed by atoms with E-state index in [0.717, 1.165) is 50.1 Å². The molecule has 2 fully saturated rings. The summed E-state index contributed by atoms with van der Waals surface area (Å²) in [5.41, 5.74) is 2.21. The number of hydrogen-bond acceptors (Lipinski definition) is 4. The second-order valence-electron chi connectivity index (χ2n) is 6.56. The van der Waals surface area contributed by atoms with Gasteiger partial charge in [-0.3, -0.25) is 4.90 Å². The number of piperazine rings is 1. The van der Waals surface area contributed by atoms with Crippen molar-refractivity contribution in [1.29, 1.82) is 0 Å². The fraction of sp³-hybridized carbons (Fsp3) is 0.500. The van der Waals surface area contributed by atoms with Crippen molar-refractivity contribution in [3.63, 3.8) is 0 Å². The summed E-state index contributed by atoms with van der Waals surface area (Å²) in [6.07, 6.45) is 1.29. The van der Waals surface area contributed by atoms with Gasteiger partial charge in [-0.15, -0.1) is 0 Å². The van der Waals surface area contributed by atoms with Crippen molar-refractivity contribution < 1.29 is 0 Å².